The molecule has 3 heteroatoms. The minimum Gasteiger partial charge on any atom is -0.481 e. The van der Waals surface area contributed by atoms with Crippen molar-refractivity contribution >= 4 is 5.97 Å². The molecule has 0 aliphatic carbocycles. The van der Waals surface area contributed by atoms with Crippen LogP contribution in [0.15, 0.2) is 0 Å². The molecular weight excluding hydrogens is 127 g/mol. The van der Waals surface area contributed by atoms with Crippen LogP contribution in [0.5, 0.6) is 0 Å². The van der Waals surface area contributed by atoms with Crippen LogP contribution in [-0.2, 0) is 21.3 Å². The van der Waals surface area contributed by atoms with Gasteiger partial charge in [0.25, 0.3) is 5.97 Å². The largest absolute Gasteiger partial charge is 0.481 e. The van der Waals surface area contributed by atoms with Crippen molar-refractivity contribution in [3.8, 4) is 0 Å². The third-order valence-electron chi connectivity index (χ3n) is 0. The van der Waals surface area contributed by atoms with Crippen LogP contribution in [0.2, 0.25) is 0 Å². The molecule has 0 saturated carbocycles. The average Bonchev–Trinajstić information content (AvgIpc) is 0.811. The molecule has 0 aromatic heterocycles. The van der Waals surface area contributed by atoms with Crippen molar-refractivity contribution in [2.75, 3.05) is 0 Å². The molecule has 1 N–H and O–H groups in total. The van der Waals surface area contributed by atoms with Gasteiger partial charge in [0.15, 0.2) is 0 Å². The SMILES string of the molecule is C.CC(=O)O.[Ni]. The smallest absolute Gasteiger partial charge is 0.300 e. The van der Waals surface area contributed by atoms with Gasteiger partial charge in [0.1, 0.15) is 0 Å². The van der Waals surface area contributed by atoms with E-state index in [4.69, 9.17) is 9.90 Å². The first-order valence-electron chi connectivity index (χ1n) is 0.928. The zero-order chi connectivity index (χ0) is 3.58. The average molecular weight is 135 g/mol. The molecule has 0 aliphatic heterocycles. The van der Waals surface area contributed by atoms with Crippen LogP contribution in [0.4, 0.5) is 0 Å². The fraction of sp³-hybridized carbons (Fsp3) is 0.667. The van der Waals surface area contributed by atoms with Gasteiger partial charge in [-0.1, -0.05) is 7.43 Å². The second-order valence-electron chi connectivity index (χ2n) is 0.519. The van der Waals surface area contributed by atoms with E-state index in [1.807, 2.05) is 0 Å². The molecule has 6 heavy (non-hydrogen) atoms. The number of hydrogen-bond donors (Lipinski definition) is 1. The molecule has 0 amide bonds. The van der Waals surface area contributed by atoms with E-state index < -0.39 is 5.97 Å². The number of rotatable bonds is 0. The molecule has 0 fully saturated rings. The second-order valence-corrected chi connectivity index (χ2v) is 0.519. The first-order chi connectivity index (χ1) is 1.73. The molecule has 0 rings (SSSR count). The van der Waals surface area contributed by atoms with Gasteiger partial charge in [-0.2, -0.15) is 0 Å². The zero-order valence-corrected chi connectivity index (χ0v) is 3.66. The Hall–Kier alpha value is -0.0365. The summed E-state index contributed by atoms with van der Waals surface area (Å²) in [6.07, 6.45) is 0. The predicted octanol–water partition coefficient (Wildman–Crippen LogP) is 0.724. The van der Waals surface area contributed by atoms with E-state index in [-0.39, 0.29) is 23.9 Å². The van der Waals surface area contributed by atoms with Crippen molar-refractivity contribution in [3.63, 3.8) is 0 Å². The molecule has 0 bridgehead atoms. The molecule has 0 heterocycles. The van der Waals surface area contributed by atoms with Crippen molar-refractivity contribution in [1.29, 1.82) is 0 Å². The minimum absolute atomic E-state index is 0. The van der Waals surface area contributed by atoms with Crippen LogP contribution in [0.25, 0.3) is 0 Å². The Morgan fingerprint density at radius 3 is 1.67 bits per heavy atom. The summed E-state index contributed by atoms with van der Waals surface area (Å²) in [5, 5.41) is 7.42. The Morgan fingerprint density at radius 1 is 1.67 bits per heavy atom. The second kappa shape index (κ2) is 8.88. The van der Waals surface area contributed by atoms with Gasteiger partial charge in [0.2, 0.25) is 0 Å². The van der Waals surface area contributed by atoms with Gasteiger partial charge in [-0.25, -0.2) is 0 Å². The number of carboxylic acid groups (broad SMARTS) is 1. The molecule has 0 aromatic rings. The summed E-state index contributed by atoms with van der Waals surface area (Å²) in [6, 6.07) is 0. The van der Waals surface area contributed by atoms with Crippen LogP contribution in [0, 0.1) is 0 Å². The summed E-state index contributed by atoms with van der Waals surface area (Å²) in [5.41, 5.74) is 0. The van der Waals surface area contributed by atoms with Crippen LogP contribution < -0.4 is 0 Å². The van der Waals surface area contributed by atoms with E-state index in [0.717, 1.165) is 6.92 Å². The summed E-state index contributed by atoms with van der Waals surface area (Å²) in [5.74, 6) is -0.833. The maximum absolute atomic E-state index is 9.00. The van der Waals surface area contributed by atoms with E-state index in [1.165, 1.54) is 0 Å². The molecule has 0 aromatic carbocycles. The Kier molecular flexibility index (Phi) is 24.8. The van der Waals surface area contributed by atoms with E-state index in [2.05, 4.69) is 0 Å². The topological polar surface area (TPSA) is 37.3 Å². The third-order valence-corrected chi connectivity index (χ3v) is 0. The number of carbonyl (C=O) groups is 1. The van der Waals surface area contributed by atoms with Gasteiger partial charge >= 0.3 is 0 Å². The summed E-state index contributed by atoms with van der Waals surface area (Å²) in [7, 11) is 0. The molecule has 0 aliphatic rings. The summed E-state index contributed by atoms with van der Waals surface area (Å²) in [6.45, 7) is 1.08. The van der Waals surface area contributed by atoms with Crippen LogP contribution in [-0.4, -0.2) is 11.1 Å². The van der Waals surface area contributed by atoms with Gasteiger partial charge in [-0.3, -0.25) is 4.79 Å². The predicted molar refractivity (Wildman–Crippen MR) is 20.0 cm³/mol. The molecule has 0 radical (unpaired) electrons. The Labute approximate surface area is 47.5 Å². The van der Waals surface area contributed by atoms with Crippen LogP contribution in [0.3, 0.4) is 0 Å². The molecule has 2 nitrogen and oxygen atoms in total. The van der Waals surface area contributed by atoms with Crippen LogP contribution >= 0.6 is 0 Å². The normalized spacial score (nSPS) is 4.17. The standard InChI is InChI=1S/C2H4O2.CH4.Ni/c1-2(3)4;;/h1H3,(H,3,4);1H4;. The van der Waals surface area contributed by atoms with Crippen LogP contribution in [0.1, 0.15) is 14.4 Å². The van der Waals surface area contributed by atoms with E-state index in [0.29, 0.717) is 0 Å². The third kappa shape index (κ3) is 26100. The van der Waals surface area contributed by atoms with E-state index in [9.17, 15) is 0 Å². The van der Waals surface area contributed by atoms with E-state index >= 15 is 0 Å². The number of carboxylic acids is 1. The molecule has 0 saturated heterocycles. The molecule has 0 atom stereocenters. The van der Waals surface area contributed by atoms with Gasteiger partial charge in [-0.15, -0.1) is 0 Å². The Balaban J connectivity index is -0.0000000450. The number of aliphatic carboxylic acids is 1. The monoisotopic (exact) mass is 134 g/mol. The summed E-state index contributed by atoms with van der Waals surface area (Å²) < 4.78 is 0. The van der Waals surface area contributed by atoms with Crippen molar-refractivity contribution in [2.45, 2.75) is 14.4 Å². The fourth-order valence-corrected chi connectivity index (χ4v) is 0. The molecular formula is C3H8NiO2. The molecule has 0 unspecified atom stereocenters. The quantitative estimate of drug-likeness (QED) is 0.496. The maximum atomic E-state index is 9.00. The zero-order valence-electron chi connectivity index (χ0n) is 2.67. The number of hydrogen-bond acceptors (Lipinski definition) is 1. The first-order valence-corrected chi connectivity index (χ1v) is 0.928. The minimum atomic E-state index is -0.833. The van der Waals surface area contributed by atoms with Gasteiger partial charge in [0.05, 0.1) is 0 Å². The summed E-state index contributed by atoms with van der Waals surface area (Å²) in [4.78, 5) is 9.00. The first kappa shape index (κ1) is 16.7. The fourth-order valence-electron chi connectivity index (χ4n) is 0. The van der Waals surface area contributed by atoms with Crippen molar-refractivity contribution in [2.24, 2.45) is 0 Å². The summed E-state index contributed by atoms with van der Waals surface area (Å²) >= 11 is 0. The Morgan fingerprint density at radius 2 is 1.67 bits per heavy atom. The van der Waals surface area contributed by atoms with Gasteiger partial charge in [0, 0.05) is 23.4 Å². The van der Waals surface area contributed by atoms with Gasteiger partial charge in [-0.05, 0) is 0 Å². The Bertz CT molecular complexity index is 31.8. The maximum Gasteiger partial charge on any atom is 0.300 e. The van der Waals surface area contributed by atoms with Crippen molar-refractivity contribution < 1.29 is 26.4 Å². The van der Waals surface area contributed by atoms with E-state index in [1.54, 1.807) is 0 Å². The van der Waals surface area contributed by atoms with Gasteiger partial charge < -0.3 is 5.11 Å². The van der Waals surface area contributed by atoms with Crippen molar-refractivity contribution in [1.82, 2.24) is 0 Å². The molecule has 42 valence electrons. The molecule has 0 spiro atoms. The van der Waals surface area contributed by atoms with Crippen molar-refractivity contribution in [3.05, 3.63) is 0 Å².